The molecule has 1 amide bonds. The number of carbonyl (C=O) groups is 1. The van der Waals surface area contributed by atoms with Crippen molar-refractivity contribution in [2.24, 2.45) is 0 Å². The number of nitrogens with zero attached hydrogens (tertiary/aromatic N) is 1. The van der Waals surface area contributed by atoms with E-state index in [-0.39, 0.29) is 5.91 Å². The summed E-state index contributed by atoms with van der Waals surface area (Å²) in [4.78, 5) is 15.3. The van der Waals surface area contributed by atoms with Crippen molar-refractivity contribution in [2.45, 2.75) is 19.8 Å². The molecule has 1 aromatic carbocycles. The second-order valence-corrected chi connectivity index (χ2v) is 5.75. The quantitative estimate of drug-likeness (QED) is 0.810. The summed E-state index contributed by atoms with van der Waals surface area (Å²) in [6.45, 7) is 2.75. The number of carbonyl (C=O) groups excluding carboxylic acids is 1. The fourth-order valence-corrected chi connectivity index (χ4v) is 3.45. The number of hydrogen-bond donors (Lipinski definition) is 1. The number of nitrogen functional groups attached to an aromatic ring is 1. The first-order valence-corrected chi connectivity index (χ1v) is 7.30. The predicted molar refractivity (Wildman–Crippen MR) is 79.9 cm³/mol. The van der Waals surface area contributed by atoms with Crippen LogP contribution in [0.25, 0.3) is 0 Å². The Labute approximate surface area is 116 Å². The van der Waals surface area contributed by atoms with Crippen molar-refractivity contribution < 1.29 is 4.79 Å². The minimum absolute atomic E-state index is 0.0963. The molecule has 0 aliphatic carbocycles. The molecular formula is C15H16N2OS. The van der Waals surface area contributed by atoms with Gasteiger partial charge < -0.3 is 10.6 Å². The lowest BCUT2D eigenvalue weighted by molar-refractivity contribution is 0.0988. The van der Waals surface area contributed by atoms with Gasteiger partial charge in [-0.05, 0) is 54.5 Å². The molecule has 4 heteroatoms. The van der Waals surface area contributed by atoms with Crippen molar-refractivity contribution in [3.05, 3.63) is 45.6 Å². The zero-order chi connectivity index (χ0) is 13.4. The summed E-state index contributed by atoms with van der Waals surface area (Å²) in [5.74, 6) is 0.0963. The minimum atomic E-state index is 0.0963. The van der Waals surface area contributed by atoms with Gasteiger partial charge in [-0.25, -0.2) is 0 Å². The van der Waals surface area contributed by atoms with Crippen LogP contribution in [0.4, 0.5) is 11.4 Å². The maximum atomic E-state index is 12.7. The van der Waals surface area contributed by atoms with E-state index < -0.39 is 0 Å². The highest BCUT2D eigenvalue weighted by Crippen LogP contribution is 2.33. The van der Waals surface area contributed by atoms with Crippen LogP contribution < -0.4 is 10.6 Å². The molecule has 2 aromatic rings. The molecule has 0 bridgehead atoms. The van der Waals surface area contributed by atoms with Gasteiger partial charge in [-0.2, -0.15) is 0 Å². The van der Waals surface area contributed by atoms with E-state index in [1.807, 2.05) is 41.5 Å². The molecule has 0 atom stereocenters. The number of thiophene rings is 1. The summed E-state index contributed by atoms with van der Waals surface area (Å²) in [6.07, 6.45) is 1.92. The molecule has 3 nitrogen and oxygen atoms in total. The third-order valence-corrected chi connectivity index (χ3v) is 4.59. The van der Waals surface area contributed by atoms with E-state index in [4.69, 9.17) is 5.73 Å². The summed E-state index contributed by atoms with van der Waals surface area (Å²) < 4.78 is 0. The molecule has 1 aromatic heterocycles. The maximum absolute atomic E-state index is 12.7. The monoisotopic (exact) mass is 272 g/mol. The molecule has 98 valence electrons. The zero-order valence-electron chi connectivity index (χ0n) is 10.8. The number of fused-ring (bicyclic) bond motifs is 1. The number of rotatable bonds is 1. The third-order valence-electron chi connectivity index (χ3n) is 3.59. The highest BCUT2D eigenvalue weighted by Gasteiger charge is 2.26. The lowest BCUT2D eigenvalue weighted by atomic mass is 9.99. The van der Waals surface area contributed by atoms with Crippen molar-refractivity contribution in [3.63, 3.8) is 0 Å². The molecule has 3 rings (SSSR count). The van der Waals surface area contributed by atoms with Crippen molar-refractivity contribution in [1.82, 2.24) is 0 Å². The van der Waals surface area contributed by atoms with Gasteiger partial charge in [0.15, 0.2) is 0 Å². The molecular weight excluding hydrogens is 256 g/mol. The van der Waals surface area contributed by atoms with Crippen LogP contribution in [-0.4, -0.2) is 12.5 Å². The first-order valence-electron chi connectivity index (χ1n) is 6.42. The SMILES string of the molecule is Cc1ccsc1C(=O)N1CCCc2c(N)cccc21. The van der Waals surface area contributed by atoms with E-state index in [1.165, 1.54) is 11.3 Å². The maximum Gasteiger partial charge on any atom is 0.268 e. The summed E-state index contributed by atoms with van der Waals surface area (Å²) in [7, 11) is 0. The Hall–Kier alpha value is -1.81. The highest BCUT2D eigenvalue weighted by atomic mass is 32.1. The normalized spacial score (nSPS) is 14.3. The number of aryl methyl sites for hydroxylation is 1. The first kappa shape index (κ1) is 12.2. The fourth-order valence-electron chi connectivity index (χ4n) is 2.58. The van der Waals surface area contributed by atoms with Crippen LogP contribution in [0.15, 0.2) is 29.6 Å². The van der Waals surface area contributed by atoms with Crippen molar-refractivity contribution in [2.75, 3.05) is 17.2 Å². The van der Waals surface area contributed by atoms with E-state index in [2.05, 4.69) is 0 Å². The topological polar surface area (TPSA) is 46.3 Å². The van der Waals surface area contributed by atoms with Crippen LogP contribution in [0.1, 0.15) is 27.2 Å². The van der Waals surface area contributed by atoms with Gasteiger partial charge in [0.05, 0.1) is 4.88 Å². The lowest BCUT2D eigenvalue weighted by Crippen LogP contribution is -2.35. The summed E-state index contributed by atoms with van der Waals surface area (Å²) in [6, 6.07) is 7.80. The van der Waals surface area contributed by atoms with Crippen LogP contribution >= 0.6 is 11.3 Å². The Kier molecular flexibility index (Phi) is 3.03. The Morgan fingerprint density at radius 2 is 2.21 bits per heavy atom. The molecule has 2 heterocycles. The van der Waals surface area contributed by atoms with E-state index in [9.17, 15) is 4.79 Å². The van der Waals surface area contributed by atoms with Crippen LogP contribution in [0, 0.1) is 6.92 Å². The Morgan fingerprint density at radius 1 is 1.37 bits per heavy atom. The molecule has 0 spiro atoms. The molecule has 0 saturated heterocycles. The Balaban J connectivity index is 2.03. The standard InChI is InChI=1S/C15H16N2OS/c1-10-7-9-19-14(10)15(18)17-8-3-4-11-12(16)5-2-6-13(11)17/h2,5-7,9H,3-4,8,16H2,1H3. The summed E-state index contributed by atoms with van der Waals surface area (Å²) >= 11 is 1.51. The van der Waals surface area contributed by atoms with E-state index >= 15 is 0 Å². The molecule has 0 unspecified atom stereocenters. The van der Waals surface area contributed by atoms with Crippen molar-refractivity contribution in [1.29, 1.82) is 0 Å². The number of hydrogen-bond acceptors (Lipinski definition) is 3. The van der Waals surface area contributed by atoms with Crippen molar-refractivity contribution in [3.8, 4) is 0 Å². The lowest BCUT2D eigenvalue weighted by Gasteiger charge is -2.30. The van der Waals surface area contributed by atoms with Gasteiger partial charge in [0, 0.05) is 17.9 Å². The summed E-state index contributed by atoms with van der Waals surface area (Å²) in [5.41, 5.74) is 9.94. The third kappa shape index (κ3) is 2.02. The zero-order valence-corrected chi connectivity index (χ0v) is 11.7. The molecule has 19 heavy (non-hydrogen) atoms. The second-order valence-electron chi connectivity index (χ2n) is 4.84. The van der Waals surface area contributed by atoms with Gasteiger partial charge in [-0.3, -0.25) is 4.79 Å². The summed E-state index contributed by atoms with van der Waals surface area (Å²) in [5, 5.41) is 1.97. The fraction of sp³-hybridized carbons (Fsp3) is 0.267. The van der Waals surface area contributed by atoms with Crippen LogP contribution in [0.2, 0.25) is 0 Å². The second kappa shape index (κ2) is 4.70. The van der Waals surface area contributed by atoms with Gasteiger partial charge >= 0.3 is 0 Å². The van der Waals surface area contributed by atoms with Gasteiger partial charge in [-0.1, -0.05) is 6.07 Å². The minimum Gasteiger partial charge on any atom is -0.398 e. The van der Waals surface area contributed by atoms with Crippen LogP contribution in [0.5, 0.6) is 0 Å². The predicted octanol–water partition coefficient (Wildman–Crippen LogP) is 3.23. The highest BCUT2D eigenvalue weighted by molar-refractivity contribution is 7.12. The largest absolute Gasteiger partial charge is 0.398 e. The Morgan fingerprint density at radius 3 is 2.95 bits per heavy atom. The van der Waals surface area contributed by atoms with E-state index in [1.54, 1.807) is 0 Å². The smallest absolute Gasteiger partial charge is 0.268 e. The van der Waals surface area contributed by atoms with Crippen molar-refractivity contribution >= 4 is 28.6 Å². The van der Waals surface area contributed by atoms with Gasteiger partial charge in [0.25, 0.3) is 5.91 Å². The van der Waals surface area contributed by atoms with Gasteiger partial charge in [-0.15, -0.1) is 11.3 Å². The number of benzene rings is 1. The molecule has 1 aliphatic heterocycles. The van der Waals surface area contributed by atoms with Crippen LogP contribution in [-0.2, 0) is 6.42 Å². The van der Waals surface area contributed by atoms with E-state index in [0.29, 0.717) is 0 Å². The molecule has 0 radical (unpaired) electrons. The number of amides is 1. The Bertz CT molecular complexity index is 633. The molecule has 2 N–H and O–H groups in total. The number of nitrogens with two attached hydrogens (primary N) is 1. The molecule has 0 fully saturated rings. The van der Waals surface area contributed by atoms with Crippen LogP contribution in [0.3, 0.4) is 0 Å². The molecule has 0 saturated carbocycles. The average molecular weight is 272 g/mol. The van der Waals surface area contributed by atoms with E-state index in [0.717, 1.165) is 46.8 Å². The molecule has 1 aliphatic rings. The number of anilines is 2. The first-order chi connectivity index (χ1) is 9.18. The van der Waals surface area contributed by atoms with Gasteiger partial charge in [0.2, 0.25) is 0 Å². The van der Waals surface area contributed by atoms with Gasteiger partial charge in [0.1, 0.15) is 0 Å². The average Bonchev–Trinajstić information content (AvgIpc) is 2.84.